The van der Waals surface area contributed by atoms with Crippen molar-refractivity contribution in [1.82, 2.24) is 4.98 Å². The molecule has 118 valence electrons. The zero-order chi connectivity index (χ0) is 15.7. The van der Waals surface area contributed by atoms with Crippen molar-refractivity contribution in [2.24, 2.45) is 11.7 Å². The molecule has 1 aromatic carbocycles. The summed E-state index contributed by atoms with van der Waals surface area (Å²) in [6.07, 6.45) is 4.12. The minimum Gasteiger partial charge on any atom is -0.493 e. The molecule has 0 amide bonds. The summed E-state index contributed by atoms with van der Waals surface area (Å²) in [7, 11) is 3.25. The number of methoxy groups -OCH3 is 2. The summed E-state index contributed by atoms with van der Waals surface area (Å²) in [5, 5.41) is 0.933. The first-order valence-electron chi connectivity index (χ1n) is 7.71. The monoisotopic (exact) mass is 301 g/mol. The van der Waals surface area contributed by atoms with Crippen LogP contribution in [0.15, 0.2) is 12.1 Å². The van der Waals surface area contributed by atoms with Gasteiger partial charge in [0, 0.05) is 22.8 Å². The van der Waals surface area contributed by atoms with Crippen LogP contribution in [-0.4, -0.2) is 25.7 Å². The van der Waals surface area contributed by atoms with Gasteiger partial charge in [0.25, 0.3) is 0 Å². The molecule has 1 aromatic heterocycles. The van der Waals surface area contributed by atoms with Gasteiger partial charge in [-0.1, -0.05) is 0 Å². The molecule has 1 unspecified atom stereocenters. The number of anilines is 1. The van der Waals surface area contributed by atoms with E-state index in [9.17, 15) is 0 Å². The number of aromatic nitrogens is 1. The molecular formula is C17H23N3O2. The third-order valence-electron chi connectivity index (χ3n) is 4.58. The summed E-state index contributed by atoms with van der Waals surface area (Å²) >= 11 is 0. The largest absolute Gasteiger partial charge is 0.493 e. The predicted molar refractivity (Wildman–Crippen MR) is 88.4 cm³/mol. The van der Waals surface area contributed by atoms with Crippen molar-refractivity contribution in [3.63, 3.8) is 0 Å². The minimum atomic E-state index is 0.491. The highest BCUT2D eigenvalue weighted by Gasteiger charge is 2.21. The Labute approximate surface area is 130 Å². The minimum absolute atomic E-state index is 0.491. The Kier molecular flexibility index (Phi) is 4.07. The fraction of sp³-hybridized carbons (Fsp3) is 0.471. The van der Waals surface area contributed by atoms with Crippen molar-refractivity contribution in [3.05, 3.63) is 23.4 Å². The molecule has 0 radical (unpaired) electrons. The summed E-state index contributed by atoms with van der Waals surface area (Å²) in [6.45, 7) is 0.699. The van der Waals surface area contributed by atoms with Gasteiger partial charge in [-0.2, -0.15) is 0 Å². The van der Waals surface area contributed by atoms with Crippen LogP contribution in [0.4, 0.5) is 5.69 Å². The van der Waals surface area contributed by atoms with E-state index in [0.29, 0.717) is 24.0 Å². The summed E-state index contributed by atoms with van der Waals surface area (Å²) in [6, 6.07) is 3.81. The molecule has 2 aromatic rings. The maximum absolute atomic E-state index is 6.44. The number of nitrogens with zero attached hydrogens (tertiary/aromatic N) is 1. The van der Waals surface area contributed by atoms with Crippen molar-refractivity contribution in [1.29, 1.82) is 0 Å². The van der Waals surface area contributed by atoms with Crippen LogP contribution in [-0.2, 0) is 12.8 Å². The molecule has 0 aliphatic heterocycles. The van der Waals surface area contributed by atoms with Crippen LogP contribution in [0.5, 0.6) is 11.5 Å². The summed E-state index contributed by atoms with van der Waals surface area (Å²) in [5.74, 6) is 1.84. The molecule has 0 bridgehead atoms. The molecule has 3 rings (SSSR count). The number of nitrogens with two attached hydrogens (primary N) is 2. The van der Waals surface area contributed by atoms with E-state index in [2.05, 4.69) is 0 Å². The van der Waals surface area contributed by atoms with Crippen LogP contribution < -0.4 is 20.9 Å². The van der Waals surface area contributed by atoms with Gasteiger partial charge in [-0.25, -0.2) is 0 Å². The number of pyridine rings is 1. The average molecular weight is 301 g/mol. The van der Waals surface area contributed by atoms with Crippen molar-refractivity contribution in [2.45, 2.75) is 25.7 Å². The quantitative estimate of drug-likeness (QED) is 0.850. The lowest BCUT2D eigenvalue weighted by Gasteiger charge is -2.16. The highest BCUT2D eigenvalue weighted by molar-refractivity contribution is 5.94. The molecular weight excluding hydrogens is 278 g/mol. The van der Waals surface area contributed by atoms with Crippen LogP contribution in [0, 0.1) is 5.92 Å². The number of fused-ring (bicyclic) bond motifs is 2. The van der Waals surface area contributed by atoms with Crippen LogP contribution >= 0.6 is 0 Å². The fourth-order valence-electron chi connectivity index (χ4n) is 3.30. The summed E-state index contributed by atoms with van der Waals surface area (Å²) in [4.78, 5) is 4.85. The smallest absolute Gasteiger partial charge is 0.162 e. The molecule has 1 atom stereocenters. The third kappa shape index (κ3) is 2.46. The van der Waals surface area contributed by atoms with E-state index < -0.39 is 0 Å². The zero-order valence-electron chi connectivity index (χ0n) is 13.2. The molecule has 5 nitrogen and oxygen atoms in total. The topological polar surface area (TPSA) is 83.4 Å². The van der Waals surface area contributed by atoms with Crippen molar-refractivity contribution in [2.75, 3.05) is 26.5 Å². The Hall–Kier alpha value is -2.01. The number of ether oxygens (including phenoxy) is 2. The van der Waals surface area contributed by atoms with Crippen molar-refractivity contribution < 1.29 is 9.47 Å². The molecule has 1 aliphatic rings. The molecule has 5 heteroatoms. The molecule has 4 N–H and O–H groups in total. The highest BCUT2D eigenvalue weighted by atomic mass is 16.5. The molecule has 22 heavy (non-hydrogen) atoms. The van der Waals surface area contributed by atoms with Gasteiger partial charge >= 0.3 is 0 Å². The first-order chi connectivity index (χ1) is 10.7. The Morgan fingerprint density at radius 3 is 2.64 bits per heavy atom. The Morgan fingerprint density at radius 2 is 1.95 bits per heavy atom. The molecule has 0 spiro atoms. The van der Waals surface area contributed by atoms with E-state index in [4.69, 9.17) is 25.9 Å². The van der Waals surface area contributed by atoms with Gasteiger partial charge in [0.1, 0.15) is 0 Å². The number of nitrogen functional groups attached to an aromatic ring is 1. The molecule has 1 aliphatic carbocycles. The van der Waals surface area contributed by atoms with Gasteiger partial charge in [-0.05, 0) is 49.8 Å². The first-order valence-corrected chi connectivity index (χ1v) is 7.71. The normalized spacial score (nSPS) is 17.9. The molecule has 0 saturated carbocycles. The maximum atomic E-state index is 6.44. The molecule has 1 heterocycles. The lowest BCUT2D eigenvalue weighted by atomic mass is 9.99. The Balaban J connectivity index is 2.20. The van der Waals surface area contributed by atoms with Gasteiger partial charge in [-0.15, -0.1) is 0 Å². The van der Waals surface area contributed by atoms with E-state index in [-0.39, 0.29) is 0 Å². The summed E-state index contributed by atoms with van der Waals surface area (Å²) in [5.41, 5.74) is 16.2. The number of rotatable bonds is 3. The maximum Gasteiger partial charge on any atom is 0.162 e. The predicted octanol–water partition coefficient (Wildman–Crippen LogP) is 2.29. The Morgan fingerprint density at radius 1 is 1.23 bits per heavy atom. The lowest BCUT2D eigenvalue weighted by Crippen LogP contribution is -2.16. The SMILES string of the molecule is COc1cc2nc3c(c(N)c2cc1OC)CCCC(CN)C3. The second kappa shape index (κ2) is 6.01. The average Bonchev–Trinajstić information content (AvgIpc) is 2.76. The number of benzene rings is 1. The zero-order valence-corrected chi connectivity index (χ0v) is 13.2. The first kappa shape index (κ1) is 14.9. The van der Waals surface area contributed by atoms with Crippen molar-refractivity contribution in [3.8, 4) is 11.5 Å². The fourth-order valence-corrected chi connectivity index (χ4v) is 3.30. The molecule has 0 saturated heterocycles. The van der Waals surface area contributed by atoms with E-state index in [1.54, 1.807) is 14.2 Å². The summed E-state index contributed by atoms with van der Waals surface area (Å²) < 4.78 is 10.7. The van der Waals surface area contributed by atoms with Crippen LogP contribution in [0.3, 0.4) is 0 Å². The van der Waals surface area contributed by atoms with Crippen LogP contribution in [0.25, 0.3) is 10.9 Å². The van der Waals surface area contributed by atoms with E-state index >= 15 is 0 Å². The van der Waals surface area contributed by atoms with Crippen molar-refractivity contribution >= 4 is 16.6 Å². The third-order valence-corrected chi connectivity index (χ3v) is 4.58. The number of hydrogen-bond donors (Lipinski definition) is 2. The van der Waals surface area contributed by atoms with E-state index in [1.807, 2.05) is 12.1 Å². The number of hydrogen-bond acceptors (Lipinski definition) is 5. The van der Waals surface area contributed by atoms with E-state index in [1.165, 1.54) is 5.56 Å². The van der Waals surface area contributed by atoms with Gasteiger partial charge in [0.2, 0.25) is 0 Å². The van der Waals surface area contributed by atoms with Gasteiger partial charge < -0.3 is 20.9 Å². The van der Waals surface area contributed by atoms with Crippen LogP contribution in [0.1, 0.15) is 24.1 Å². The van der Waals surface area contributed by atoms with Gasteiger partial charge in [-0.3, -0.25) is 4.98 Å². The second-order valence-electron chi connectivity index (χ2n) is 5.87. The highest BCUT2D eigenvalue weighted by Crippen LogP contribution is 2.37. The molecule has 0 fully saturated rings. The lowest BCUT2D eigenvalue weighted by molar-refractivity contribution is 0.356. The standard InChI is InChI=1S/C17H23N3O2/c1-21-15-7-12-14(8-16(15)22-2)20-13-6-10(9-18)4-3-5-11(13)17(12)19/h7-8,10H,3-6,9,18H2,1-2H3,(H2,19,20). The van der Waals surface area contributed by atoms with Gasteiger partial charge in [0.15, 0.2) is 11.5 Å². The van der Waals surface area contributed by atoms with E-state index in [0.717, 1.165) is 48.0 Å². The van der Waals surface area contributed by atoms with Crippen LogP contribution in [0.2, 0.25) is 0 Å². The van der Waals surface area contributed by atoms with Gasteiger partial charge in [0.05, 0.1) is 19.7 Å². The second-order valence-corrected chi connectivity index (χ2v) is 5.87. The Bertz CT molecular complexity index is 700.